The van der Waals surface area contributed by atoms with Gasteiger partial charge in [0.2, 0.25) is 0 Å². The summed E-state index contributed by atoms with van der Waals surface area (Å²) in [6.45, 7) is 2.03. The van der Waals surface area contributed by atoms with E-state index in [1.165, 1.54) is 4.90 Å². The van der Waals surface area contributed by atoms with E-state index < -0.39 is 24.5 Å². The Bertz CT molecular complexity index is 241. The van der Waals surface area contributed by atoms with Crippen molar-refractivity contribution in [2.24, 2.45) is 11.7 Å². The number of amides is 1. The minimum Gasteiger partial charge on any atom is -0.450 e. The third-order valence-corrected chi connectivity index (χ3v) is 2.89. The molecule has 1 aliphatic rings. The van der Waals surface area contributed by atoms with Crippen LogP contribution < -0.4 is 5.73 Å². The Morgan fingerprint density at radius 1 is 1.50 bits per heavy atom. The molecule has 94 valence electrons. The van der Waals surface area contributed by atoms with Crippen molar-refractivity contribution in [1.29, 1.82) is 0 Å². The topological polar surface area (TPSA) is 55.6 Å². The van der Waals surface area contributed by atoms with Crippen LogP contribution >= 0.6 is 0 Å². The Morgan fingerprint density at radius 2 is 2.06 bits per heavy atom. The van der Waals surface area contributed by atoms with E-state index in [1.54, 1.807) is 6.92 Å². The summed E-state index contributed by atoms with van der Waals surface area (Å²) >= 11 is 0. The summed E-state index contributed by atoms with van der Waals surface area (Å²) in [4.78, 5) is 12.8. The molecule has 1 rings (SSSR count). The van der Waals surface area contributed by atoms with Crippen LogP contribution in [0.15, 0.2) is 0 Å². The fourth-order valence-corrected chi connectivity index (χ4v) is 1.87. The summed E-state index contributed by atoms with van der Waals surface area (Å²) in [5.74, 6) is -3.54. The zero-order valence-corrected chi connectivity index (χ0v) is 9.42. The molecule has 0 aliphatic carbocycles. The zero-order chi connectivity index (χ0) is 12.2. The third kappa shape index (κ3) is 3.04. The maximum atomic E-state index is 13.3. The molecular formula is C10H18F2N2O2. The van der Waals surface area contributed by atoms with Crippen LogP contribution in [0.3, 0.4) is 0 Å². The summed E-state index contributed by atoms with van der Waals surface area (Å²) in [5, 5.41) is 0. The maximum Gasteiger partial charge on any atom is 0.409 e. The number of likely N-dealkylation sites (tertiary alicyclic amines) is 1. The van der Waals surface area contributed by atoms with E-state index in [0.717, 1.165) is 0 Å². The summed E-state index contributed by atoms with van der Waals surface area (Å²) in [6.07, 6.45) is 0.142. The summed E-state index contributed by atoms with van der Waals surface area (Å²) < 4.78 is 31.3. The van der Waals surface area contributed by atoms with Crippen molar-refractivity contribution >= 4 is 6.09 Å². The quantitative estimate of drug-likeness (QED) is 0.806. The number of ether oxygens (including phenoxy) is 1. The van der Waals surface area contributed by atoms with Gasteiger partial charge in [-0.15, -0.1) is 0 Å². The fourth-order valence-electron chi connectivity index (χ4n) is 1.87. The van der Waals surface area contributed by atoms with Crippen LogP contribution in [-0.2, 0) is 4.74 Å². The lowest BCUT2D eigenvalue weighted by atomic mass is 9.90. The van der Waals surface area contributed by atoms with Crippen LogP contribution in [0.4, 0.5) is 13.6 Å². The molecule has 0 atom stereocenters. The molecule has 1 fully saturated rings. The third-order valence-electron chi connectivity index (χ3n) is 2.89. The van der Waals surface area contributed by atoms with Crippen LogP contribution in [0.5, 0.6) is 0 Å². The second kappa shape index (κ2) is 5.43. The number of hydrogen-bond donors (Lipinski definition) is 1. The Kier molecular flexibility index (Phi) is 4.46. The van der Waals surface area contributed by atoms with Crippen LogP contribution in [-0.4, -0.2) is 43.2 Å². The van der Waals surface area contributed by atoms with Crippen molar-refractivity contribution in [3.63, 3.8) is 0 Å². The van der Waals surface area contributed by atoms with Crippen LogP contribution in [0.25, 0.3) is 0 Å². The smallest absolute Gasteiger partial charge is 0.409 e. The van der Waals surface area contributed by atoms with Crippen molar-refractivity contribution in [2.75, 3.05) is 26.2 Å². The number of nitrogens with two attached hydrogens (primary N) is 1. The molecule has 1 aliphatic heterocycles. The van der Waals surface area contributed by atoms with Gasteiger partial charge in [-0.3, -0.25) is 0 Å². The van der Waals surface area contributed by atoms with Gasteiger partial charge in [0.05, 0.1) is 13.2 Å². The molecule has 2 N–H and O–H groups in total. The van der Waals surface area contributed by atoms with Gasteiger partial charge in [-0.1, -0.05) is 0 Å². The van der Waals surface area contributed by atoms with Crippen molar-refractivity contribution in [3.05, 3.63) is 0 Å². The first-order chi connectivity index (χ1) is 7.51. The number of hydrogen-bond acceptors (Lipinski definition) is 3. The number of carbonyl (C=O) groups is 1. The number of rotatable bonds is 3. The van der Waals surface area contributed by atoms with Crippen LogP contribution in [0.1, 0.15) is 19.8 Å². The first-order valence-corrected chi connectivity index (χ1v) is 5.51. The highest BCUT2D eigenvalue weighted by molar-refractivity contribution is 5.67. The monoisotopic (exact) mass is 236 g/mol. The molecule has 0 spiro atoms. The largest absolute Gasteiger partial charge is 0.450 e. The SMILES string of the molecule is CCOC(=O)N1CCC(C(F)(F)CN)CC1. The van der Waals surface area contributed by atoms with Gasteiger partial charge in [0.15, 0.2) is 0 Å². The van der Waals surface area contributed by atoms with Gasteiger partial charge in [-0.05, 0) is 19.8 Å². The molecule has 0 bridgehead atoms. The van der Waals surface area contributed by atoms with Crippen molar-refractivity contribution < 1.29 is 18.3 Å². The molecular weight excluding hydrogens is 218 g/mol. The van der Waals surface area contributed by atoms with Gasteiger partial charge in [-0.25, -0.2) is 13.6 Å². The average molecular weight is 236 g/mol. The van der Waals surface area contributed by atoms with Gasteiger partial charge in [0.1, 0.15) is 0 Å². The van der Waals surface area contributed by atoms with Crippen molar-refractivity contribution in [3.8, 4) is 0 Å². The molecule has 6 heteroatoms. The Balaban J connectivity index is 2.42. The van der Waals surface area contributed by atoms with Gasteiger partial charge >= 0.3 is 6.09 Å². The standard InChI is InChI=1S/C10H18F2N2O2/c1-2-16-9(15)14-5-3-8(4-6-14)10(11,12)7-13/h8H,2-7,13H2,1H3. The van der Waals surface area contributed by atoms with Crippen molar-refractivity contribution in [2.45, 2.75) is 25.7 Å². The number of alkyl halides is 2. The fraction of sp³-hybridized carbons (Fsp3) is 0.900. The average Bonchev–Trinajstić information content (AvgIpc) is 2.29. The lowest BCUT2D eigenvalue weighted by Crippen LogP contribution is -2.46. The molecule has 0 saturated carbocycles. The zero-order valence-electron chi connectivity index (χ0n) is 9.42. The molecule has 0 aromatic rings. The minimum absolute atomic E-state index is 0.281. The first kappa shape index (κ1) is 13.2. The number of carbonyl (C=O) groups excluding carboxylic acids is 1. The highest BCUT2D eigenvalue weighted by Crippen LogP contribution is 2.32. The highest BCUT2D eigenvalue weighted by atomic mass is 19.3. The second-order valence-corrected chi connectivity index (χ2v) is 3.93. The number of nitrogens with zero attached hydrogens (tertiary/aromatic N) is 1. The molecule has 1 saturated heterocycles. The summed E-state index contributed by atoms with van der Waals surface area (Å²) in [6, 6.07) is 0. The molecule has 0 unspecified atom stereocenters. The van der Waals surface area contributed by atoms with Crippen LogP contribution in [0, 0.1) is 5.92 Å². The predicted octanol–water partition coefficient (Wildman–Crippen LogP) is 1.45. The predicted molar refractivity (Wildman–Crippen MR) is 55.3 cm³/mol. The minimum atomic E-state index is -2.82. The Hall–Kier alpha value is -0.910. The molecule has 4 nitrogen and oxygen atoms in total. The van der Waals surface area contributed by atoms with Crippen molar-refractivity contribution in [1.82, 2.24) is 4.90 Å². The molecule has 0 radical (unpaired) electrons. The maximum absolute atomic E-state index is 13.3. The van der Waals surface area contributed by atoms with E-state index >= 15 is 0 Å². The highest BCUT2D eigenvalue weighted by Gasteiger charge is 2.40. The summed E-state index contributed by atoms with van der Waals surface area (Å²) in [7, 11) is 0. The lowest BCUT2D eigenvalue weighted by molar-refractivity contribution is -0.0688. The summed E-state index contributed by atoms with van der Waals surface area (Å²) in [5.41, 5.74) is 5.02. The Morgan fingerprint density at radius 3 is 2.50 bits per heavy atom. The second-order valence-electron chi connectivity index (χ2n) is 3.93. The van der Waals surface area contributed by atoms with Gasteiger partial charge in [0, 0.05) is 19.0 Å². The molecule has 0 aromatic heterocycles. The van der Waals surface area contributed by atoms with Gasteiger partial charge in [0.25, 0.3) is 5.92 Å². The van der Waals surface area contributed by atoms with E-state index in [1.807, 2.05) is 0 Å². The number of halogens is 2. The first-order valence-electron chi connectivity index (χ1n) is 5.51. The number of piperidine rings is 1. The lowest BCUT2D eigenvalue weighted by Gasteiger charge is -2.34. The molecule has 1 amide bonds. The van der Waals surface area contributed by atoms with E-state index in [-0.39, 0.29) is 12.8 Å². The van der Waals surface area contributed by atoms with Crippen LogP contribution in [0.2, 0.25) is 0 Å². The normalized spacial score (nSPS) is 18.6. The van der Waals surface area contributed by atoms with E-state index in [0.29, 0.717) is 19.7 Å². The van der Waals surface area contributed by atoms with Gasteiger partial charge < -0.3 is 15.4 Å². The van der Waals surface area contributed by atoms with E-state index in [4.69, 9.17) is 10.5 Å². The molecule has 1 heterocycles. The van der Waals surface area contributed by atoms with Gasteiger partial charge in [-0.2, -0.15) is 0 Å². The van der Waals surface area contributed by atoms with E-state index in [9.17, 15) is 13.6 Å². The molecule has 16 heavy (non-hydrogen) atoms. The Labute approximate surface area is 93.7 Å². The molecule has 0 aromatic carbocycles. The van der Waals surface area contributed by atoms with E-state index in [2.05, 4.69) is 0 Å².